The number of ether oxygens (including phenoxy) is 1. The Labute approximate surface area is 121 Å². The minimum atomic E-state index is -3.48. The smallest absolute Gasteiger partial charge is 0.240 e. The van der Waals surface area contributed by atoms with E-state index in [-0.39, 0.29) is 10.9 Å². The summed E-state index contributed by atoms with van der Waals surface area (Å²) in [5.41, 5.74) is 0.822. The number of sulfonamides is 1. The number of hydrogen-bond donors (Lipinski definition) is 2. The zero-order valence-corrected chi connectivity index (χ0v) is 13.4. The third kappa shape index (κ3) is 4.19. The van der Waals surface area contributed by atoms with E-state index < -0.39 is 10.0 Å². The van der Waals surface area contributed by atoms with Gasteiger partial charge in [0.2, 0.25) is 10.0 Å². The van der Waals surface area contributed by atoms with Crippen LogP contribution in [0.2, 0.25) is 0 Å². The van der Waals surface area contributed by atoms with Gasteiger partial charge in [-0.3, -0.25) is 0 Å². The molecule has 0 aromatic heterocycles. The van der Waals surface area contributed by atoms with Crippen LogP contribution in [0, 0.1) is 0 Å². The number of benzene rings is 1. The minimum Gasteiger partial charge on any atom is -0.496 e. The quantitative estimate of drug-likeness (QED) is 0.769. The van der Waals surface area contributed by atoms with Gasteiger partial charge in [-0.05, 0) is 38.1 Å². The molecule has 0 spiro atoms. The Morgan fingerprint density at radius 1 is 1.25 bits per heavy atom. The molecule has 0 heterocycles. The highest BCUT2D eigenvalue weighted by atomic mass is 32.2. The van der Waals surface area contributed by atoms with E-state index in [1.165, 1.54) is 0 Å². The highest BCUT2D eigenvalue weighted by Gasteiger charge is 2.19. The van der Waals surface area contributed by atoms with Gasteiger partial charge in [0, 0.05) is 18.2 Å². The van der Waals surface area contributed by atoms with Crippen molar-refractivity contribution in [1.29, 1.82) is 0 Å². The van der Waals surface area contributed by atoms with Crippen LogP contribution in [0.15, 0.2) is 23.1 Å². The molecule has 0 radical (unpaired) electrons. The lowest BCUT2D eigenvalue weighted by Gasteiger charge is -2.16. The molecule has 0 saturated heterocycles. The standard InChI is InChI=1S/C14H24N2O3S/c1-5-12(6-2)16-20(17,18)13-7-8-14(19-4)11(9-13)10-15-3/h7-9,12,15-16H,5-6,10H2,1-4H3. The molecule has 20 heavy (non-hydrogen) atoms. The topological polar surface area (TPSA) is 67.4 Å². The first-order valence-electron chi connectivity index (χ1n) is 6.82. The lowest BCUT2D eigenvalue weighted by atomic mass is 10.2. The average molecular weight is 300 g/mol. The molecular weight excluding hydrogens is 276 g/mol. The second-order valence-electron chi connectivity index (χ2n) is 4.64. The van der Waals surface area contributed by atoms with Crippen LogP contribution >= 0.6 is 0 Å². The Balaban J connectivity index is 3.09. The molecule has 0 amide bonds. The lowest BCUT2D eigenvalue weighted by Crippen LogP contribution is -2.33. The molecule has 1 aromatic rings. The molecule has 6 heteroatoms. The second-order valence-corrected chi connectivity index (χ2v) is 6.35. The zero-order valence-electron chi connectivity index (χ0n) is 12.6. The number of hydrogen-bond acceptors (Lipinski definition) is 4. The van der Waals surface area contributed by atoms with E-state index in [9.17, 15) is 8.42 Å². The van der Waals surface area contributed by atoms with Crippen molar-refractivity contribution in [3.05, 3.63) is 23.8 Å². The summed E-state index contributed by atoms with van der Waals surface area (Å²) in [5, 5.41) is 3.01. The van der Waals surface area contributed by atoms with Gasteiger partial charge in [0.05, 0.1) is 12.0 Å². The molecule has 0 atom stereocenters. The maximum atomic E-state index is 12.3. The van der Waals surface area contributed by atoms with Crippen molar-refractivity contribution in [1.82, 2.24) is 10.0 Å². The molecule has 5 nitrogen and oxygen atoms in total. The van der Waals surface area contributed by atoms with Gasteiger partial charge in [-0.25, -0.2) is 13.1 Å². The lowest BCUT2D eigenvalue weighted by molar-refractivity contribution is 0.408. The summed E-state index contributed by atoms with van der Waals surface area (Å²) in [5.74, 6) is 0.681. The fraction of sp³-hybridized carbons (Fsp3) is 0.571. The van der Waals surface area contributed by atoms with Gasteiger partial charge in [0.25, 0.3) is 0 Å². The Morgan fingerprint density at radius 2 is 1.90 bits per heavy atom. The van der Waals surface area contributed by atoms with Crippen LogP contribution in [0.1, 0.15) is 32.3 Å². The number of methoxy groups -OCH3 is 1. The highest BCUT2D eigenvalue weighted by Crippen LogP contribution is 2.22. The molecule has 2 N–H and O–H groups in total. The maximum Gasteiger partial charge on any atom is 0.240 e. The van der Waals surface area contributed by atoms with Gasteiger partial charge < -0.3 is 10.1 Å². The molecule has 0 aliphatic heterocycles. The van der Waals surface area contributed by atoms with Crippen LogP contribution in [-0.2, 0) is 16.6 Å². The third-order valence-electron chi connectivity index (χ3n) is 3.24. The first kappa shape index (κ1) is 16.9. The van der Waals surface area contributed by atoms with E-state index in [1.54, 1.807) is 25.3 Å². The minimum absolute atomic E-state index is 0.0325. The van der Waals surface area contributed by atoms with E-state index in [1.807, 2.05) is 20.9 Å². The van der Waals surface area contributed by atoms with Gasteiger partial charge in [-0.15, -0.1) is 0 Å². The molecule has 1 rings (SSSR count). The summed E-state index contributed by atoms with van der Waals surface area (Å²) in [6.07, 6.45) is 1.55. The van der Waals surface area contributed by atoms with Crippen molar-refractivity contribution < 1.29 is 13.2 Å². The first-order valence-corrected chi connectivity index (χ1v) is 8.30. The van der Waals surface area contributed by atoms with E-state index in [0.717, 1.165) is 18.4 Å². The first-order chi connectivity index (χ1) is 9.48. The van der Waals surface area contributed by atoms with Crippen molar-refractivity contribution in [3.63, 3.8) is 0 Å². The Hall–Kier alpha value is -1.11. The van der Waals surface area contributed by atoms with Crippen molar-refractivity contribution >= 4 is 10.0 Å². The van der Waals surface area contributed by atoms with Crippen molar-refractivity contribution in [2.75, 3.05) is 14.2 Å². The third-order valence-corrected chi connectivity index (χ3v) is 4.75. The fourth-order valence-electron chi connectivity index (χ4n) is 1.99. The number of rotatable bonds is 8. The van der Waals surface area contributed by atoms with E-state index in [2.05, 4.69) is 10.0 Å². The second kappa shape index (κ2) is 7.61. The normalized spacial score (nSPS) is 11.8. The van der Waals surface area contributed by atoms with Crippen LogP contribution < -0.4 is 14.8 Å². The van der Waals surface area contributed by atoms with E-state index in [4.69, 9.17) is 4.74 Å². The Bertz CT molecular complexity index is 525. The average Bonchev–Trinajstić information content (AvgIpc) is 2.45. The molecule has 0 fully saturated rings. The Morgan fingerprint density at radius 3 is 2.40 bits per heavy atom. The zero-order chi connectivity index (χ0) is 15.2. The van der Waals surface area contributed by atoms with Gasteiger partial charge in [-0.1, -0.05) is 13.8 Å². The fourth-order valence-corrected chi connectivity index (χ4v) is 3.45. The monoisotopic (exact) mass is 300 g/mol. The maximum absolute atomic E-state index is 12.3. The van der Waals surface area contributed by atoms with Crippen LogP contribution in [0.25, 0.3) is 0 Å². The van der Waals surface area contributed by atoms with Crippen molar-refractivity contribution in [3.8, 4) is 5.75 Å². The molecule has 114 valence electrons. The number of nitrogens with one attached hydrogen (secondary N) is 2. The van der Waals surface area contributed by atoms with Crippen molar-refractivity contribution in [2.24, 2.45) is 0 Å². The summed E-state index contributed by atoms with van der Waals surface area (Å²) >= 11 is 0. The van der Waals surface area contributed by atoms with Crippen LogP contribution in [-0.4, -0.2) is 28.6 Å². The van der Waals surface area contributed by atoms with Gasteiger partial charge in [0.1, 0.15) is 5.75 Å². The Kier molecular flexibility index (Phi) is 6.45. The molecule has 0 unspecified atom stereocenters. The molecule has 0 bridgehead atoms. The SMILES string of the molecule is CCC(CC)NS(=O)(=O)c1ccc(OC)c(CNC)c1. The highest BCUT2D eigenvalue weighted by molar-refractivity contribution is 7.89. The van der Waals surface area contributed by atoms with Gasteiger partial charge >= 0.3 is 0 Å². The van der Waals surface area contributed by atoms with Gasteiger partial charge in [-0.2, -0.15) is 0 Å². The molecule has 0 saturated carbocycles. The van der Waals surface area contributed by atoms with Crippen LogP contribution in [0.3, 0.4) is 0 Å². The van der Waals surface area contributed by atoms with E-state index >= 15 is 0 Å². The summed E-state index contributed by atoms with van der Waals surface area (Å²) in [4.78, 5) is 0.274. The van der Waals surface area contributed by atoms with E-state index in [0.29, 0.717) is 12.3 Å². The summed E-state index contributed by atoms with van der Waals surface area (Å²) in [7, 11) is -0.0997. The molecule has 1 aromatic carbocycles. The predicted molar refractivity (Wildman–Crippen MR) is 80.4 cm³/mol. The largest absolute Gasteiger partial charge is 0.496 e. The summed E-state index contributed by atoms with van der Waals surface area (Å²) in [6, 6.07) is 4.88. The molecule has 0 aliphatic rings. The summed E-state index contributed by atoms with van der Waals surface area (Å²) in [6.45, 7) is 4.49. The molecule has 0 aliphatic carbocycles. The van der Waals surface area contributed by atoms with Gasteiger partial charge in [0.15, 0.2) is 0 Å². The van der Waals surface area contributed by atoms with Crippen LogP contribution in [0.5, 0.6) is 5.75 Å². The van der Waals surface area contributed by atoms with Crippen molar-refractivity contribution in [2.45, 2.75) is 44.2 Å². The molecular formula is C14H24N2O3S. The summed E-state index contributed by atoms with van der Waals surface area (Å²) < 4.78 is 32.6. The predicted octanol–water partition coefficient (Wildman–Crippen LogP) is 1.88. The van der Waals surface area contributed by atoms with Crippen LogP contribution in [0.4, 0.5) is 0 Å².